The lowest BCUT2D eigenvalue weighted by molar-refractivity contribution is 0.571. The molecule has 0 saturated carbocycles. The molecular formula is C9H11N5O2S. The summed E-state index contributed by atoms with van der Waals surface area (Å²) in [5.41, 5.74) is 0.691. The summed E-state index contributed by atoms with van der Waals surface area (Å²) < 4.78 is 24.0. The predicted octanol–water partition coefficient (Wildman–Crippen LogP) is 0.00740. The monoisotopic (exact) mass is 253 g/mol. The summed E-state index contributed by atoms with van der Waals surface area (Å²) >= 11 is 0. The molecule has 0 amide bonds. The summed E-state index contributed by atoms with van der Waals surface area (Å²) in [7, 11) is -3.86. The first-order valence-corrected chi connectivity index (χ1v) is 6.45. The zero-order valence-corrected chi connectivity index (χ0v) is 9.92. The van der Waals surface area contributed by atoms with Crippen molar-refractivity contribution in [1.82, 2.24) is 19.7 Å². The molecule has 0 saturated heterocycles. The highest BCUT2D eigenvalue weighted by Crippen LogP contribution is 2.18. The van der Waals surface area contributed by atoms with Crippen LogP contribution in [0.3, 0.4) is 0 Å². The van der Waals surface area contributed by atoms with E-state index in [2.05, 4.69) is 15.2 Å². The largest absolute Gasteiger partial charge is 0.297 e. The second-order valence-corrected chi connectivity index (χ2v) is 4.79. The van der Waals surface area contributed by atoms with Gasteiger partial charge in [-0.05, 0) is 19.1 Å². The maximum atomic E-state index is 11.3. The van der Waals surface area contributed by atoms with E-state index in [1.54, 1.807) is 31.5 Å². The molecule has 17 heavy (non-hydrogen) atoms. The number of aromatic nitrogens is 4. The smallest absolute Gasteiger partial charge is 0.273 e. The molecule has 0 unspecified atom stereocenters. The van der Waals surface area contributed by atoms with Crippen molar-refractivity contribution < 1.29 is 8.42 Å². The Morgan fingerprint density at radius 3 is 2.71 bits per heavy atom. The molecular weight excluding hydrogens is 242 g/mol. The highest BCUT2D eigenvalue weighted by atomic mass is 32.2. The molecule has 0 radical (unpaired) electrons. The summed E-state index contributed by atoms with van der Waals surface area (Å²) in [6.07, 6.45) is 3.21. The minimum atomic E-state index is -3.86. The fraction of sp³-hybridized carbons (Fsp3) is 0.222. The molecule has 90 valence electrons. The number of nitrogens with two attached hydrogens (primary N) is 1. The van der Waals surface area contributed by atoms with Crippen LogP contribution in [0, 0.1) is 0 Å². The van der Waals surface area contributed by atoms with E-state index in [-0.39, 0.29) is 5.16 Å². The standard InChI is InChI=1S/C9H11N5O2S/c1-2-14-8(7-4-3-5-11-6-7)12-13-9(14)17(10,15)16/h3-6H,2H2,1H3,(H2,10,15,16). The molecule has 0 atom stereocenters. The Morgan fingerprint density at radius 1 is 1.41 bits per heavy atom. The molecule has 2 aromatic heterocycles. The number of pyridine rings is 1. The summed E-state index contributed by atoms with van der Waals surface area (Å²) in [5.74, 6) is 0.435. The van der Waals surface area contributed by atoms with E-state index in [0.717, 1.165) is 0 Å². The van der Waals surface area contributed by atoms with Gasteiger partial charge in [-0.1, -0.05) is 0 Å². The van der Waals surface area contributed by atoms with Gasteiger partial charge >= 0.3 is 0 Å². The number of primary sulfonamides is 1. The number of rotatable bonds is 3. The normalized spacial score (nSPS) is 11.6. The third kappa shape index (κ3) is 2.17. The van der Waals surface area contributed by atoms with Crippen LogP contribution in [-0.2, 0) is 16.6 Å². The highest BCUT2D eigenvalue weighted by molar-refractivity contribution is 7.89. The van der Waals surface area contributed by atoms with Crippen molar-refractivity contribution in [2.75, 3.05) is 0 Å². The molecule has 0 aliphatic carbocycles. The van der Waals surface area contributed by atoms with Crippen LogP contribution in [0.4, 0.5) is 0 Å². The Balaban J connectivity index is 2.62. The lowest BCUT2D eigenvalue weighted by Gasteiger charge is -2.05. The maximum absolute atomic E-state index is 11.3. The van der Waals surface area contributed by atoms with Crippen molar-refractivity contribution in [3.8, 4) is 11.4 Å². The lowest BCUT2D eigenvalue weighted by Crippen LogP contribution is -2.18. The van der Waals surface area contributed by atoms with Crippen molar-refractivity contribution in [2.24, 2.45) is 5.14 Å². The van der Waals surface area contributed by atoms with Crippen molar-refractivity contribution in [3.05, 3.63) is 24.5 Å². The van der Waals surface area contributed by atoms with Crippen LogP contribution in [0.2, 0.25) is 0 Å². The topological polar surface area (TPSA) is 104 Å². The fourth-order valence-corrected chi connectivity index (χ4v) is 2.17. The first-order valence-electron chi connectivity index (χ1n) is 4.90. The van der Waals surface area contributed by atoms with Gasteiger partial charge in [0.05, 0.1) is 0 Å². The number of hydrogen-bond acceptors (Lipinski definition) is 5. The Bertz CT molecular complexity index is 620. The molecule has 0 aromatic carbocycles. The van der Waals surface area contributed by atoms with Gasteiger partial charge in [0.2, 0.25) is 0 Å². The zero-order valence-electron chi connectivity index (χ0n) is 9.11. The van der Waals surface area contributed by atoms with Crippen LogP contribution < -0.4 is 5.14 Å². The lowest BCUT2D eigenvalue weighted by atomic mass is 10.3. The highest BCUT2D eigenvalue weighted by Gasteiger charge is 2.20. The van der Waals surface area contributed by atoms with Gasteiger partial charge in [-0.15, -0.1) is 10.2 Å². The van der Waals surface area contributed by atoms with E-state index in [4.69, 9.17) is 5.14 Å². The number of nitrogens with zero attached hydrogens (tertiary/aromatic N) is 4. The van der Waals surface area contributed by atoms with Crippen LogP contribution in [0.15, 0.2) is 29.7 Å². The van der Waals surface area contributed by atoms with Gasteiger partial charge in [0, 0.05) is 24.5 Å². The van der Waals surface area contributed by atoms with Crippen molar-refractivity contribution in [2.45, 2.75) is 18.6 Å². The molecule has 0 aliphatic heterocycles. The van der Waals surface area contributed by atoms with Crippen LogP contribution >= 0.6 is 0 Å². The van der Waals surface area contributed by atoms with Gasteiger partial charge in [-0.25, -0.2) is 13.6 Å². The van der Waals surface area contributed by atoms with E-state index in [1.807, 2.05) is 0 Å². The summed E-state index contributed by atoms with van der Waals surface area (Å²) in [6, 6.07) is 3.51. The summed E-state index contributed by atoms with van der Waals surface area (Å²) in [4.78, 5) is 3.95. The van der Waals surface area contributed by atoms with E-state index in [9.17, 15) is 8.42 Å². The third-order valence-corrected chi connectivity index (χ3v) is 3.02. The maximum Gasteiger partial charge on any atom is 0.273 e. The molecule has 2 N–H and O–H groups in total. The van der Waals surface area contributed by atoms with E-state index >= 15 is 0 Å². The molecule has 2 rings (SSSR count). The molecule has 0 bridgehead atoms. The predicted molar refractivity (Wildman–Crippen MR) is 60.3 cm³/mol. The SMILES string of the molecule is CCn1c(-c2cccnc2)nnc1S(N)(=O)=O. The fourth-order valence-electron chi connectivity index (χ4n) is 1.49. The third-order valence-electron chi connectivity index (χ3n) is 2.21. The average Bonchev–Trinajstić information content (AvgIpc) is 2.73. The number of sulfonamides is 1. The Kier molecular flexibility index (Phi) is 2.90. The molecule has 2 heterocycles. The van der Waals surface area contributed by atoms with Gasteiger partial charge in [0.1, 0.15) is 0 Å². The van der Waals surface area contributed by atoms with Crippen LogP contribution in [-0.4, -0.2) is 28.2 Å². The molecule has 0 aliphatic rings. The van der Waals surface area contributed by atoms with Crippen LogP contribution in [0.25, 0.3) is 11.4 Å². The molecule has 8 heteroatoms. The Labute approximate surface area is 98.4 Å². The Hall–Kier alpha value is -1.80. The minimum absolute atomic E-state index is 0.237. The Morgan fingerprint density at radius 2 is 2.18 bits per heavy atom. The van der Waals surface area contributed by atoms with Gasteiger partial charge < -0.3 is 0 Å². The van der Waals surface area contributed by atoms with Gasteiger partial charge in [0.15, 0.2) is 5.82 Å². The van der Waals surface area contributed by atoms with Gasteiger partial charge in [0.25, 0.3) is 15.2 Å². The molecule has 0 fully saturated rings. The average molecular weight is 253 g/mol. The molecule has 0 spiro atoms. The summed E-state index contributed by atoms with van der Waals surface area (Å²) in [6.45, 7) is 2.20. The van der Waals surface area contributed by atoms with Gasteiger partial charge in [-0.2, -0.15) is 0 Å². The first-order chi connectivity index (χ1) is 8.04. The quantitative estimate of drug-likeness (QED) is 0.829. The number of hydrogen-bond donors (Lipinski definition) is 1. The molecule has 7 nitrogen and oxygen atoms in total. The first kappa shape index (κ1) is 11.7. The van der Waals surface area contributed by atoms with E-state index < -0.39 is 10.0 Å². The second kappa shape index (κ2) is 4.22. The van der Waals surface area contributed by atoms with Crippen LogP contribution in [0.1, 0.15) is 6.92 Å². The summed E-state index contributed by atoms with van der Waals surface area (Å²) in [5, 5.41) is 12.3. The van der Waals surface area contributed by atoms with Crippen LogP contribution in [0.5, 0.6) is 0 Å². The van der Waals surface area contributed by atoms with E-state index in [1.165, 1.54) is 4.57 Å². The van der Waals surface area contributed by atoms with Gasteiger partial charge in [-0.3, -0.25) is 9.55 Å². The second-order valence-electron chi connectivity index (χ2n) is 3.34. The molecule has 2 aromatic rings. The van der Waals surface area contributed by atoms with Crippen molar-refractivity contribution in [3.63, 3.8) is 0 Å². The van der Waals surface area contributed by atoms with Crippen molar-refractivity contribution >= 4 is 10.0 Å². The van der Waals surface area contributed by atoms with E-state index in [0.29, 0.717) is 17.9 Å². The minimum Gasteiger partial charge on any atom is -0.297 e. The zero-order chi connectivity index (χ0) is 12.5. The van der Waals surface area contributed by atoms with Crippen molar-refractivity contribution in [1.29, 1.82) is 0 Å².